The summed E-state index contributed by atoms with van der Waals surface area (Å²) in [6.07, 6.45) is 0. The second kappa shape index (κ2) is 5.35. The molecule has 1 saturated heterocycles. The number of hydrogen-bond donors (Lipinski definition) is 2. The predicted octanol–water partition coefficient (Wildman–Crippen LogP) is 2.39. The normalized spacial score (nSPS) is 23.7. The third-order valence-corrected chi connectivity index (χ3v) is 3.97. The van der Waals surface area contributed by atoms with Crippen LogP contribution in [-0.2, 0) is 4.79 Å². The van der Waals surface area contributed by atoms with Crippen LogP contribution in [0, 0.1) is 22.3 Å². The van der Waals surface area contributed by atoms with Crippen molar-refractivity contribution in [1.29, 1.82) is 0 Å². The smallest absolute Gasteiger partial charge is 0.229 e. The van der Waals surface area contributed by atoms with Gasteiger partial charge in [0.2, 0.25) is 5.91 Å². The van der Waals surface area contributed by atoms with E-state index in [2.05, 4.69) is 46.2 Å². The highest BCUT2D eigenvalue weighted by atomic mass is 127. The molecule has 2 rings (SSSR count). The number of nitrogens with one attached hydrogen (secondary N) is 2. The lowest BCUT2D eigenvalue weighted by Crippen LogP contribution is -2.28. The van der Waals surface area contributed by atoms with Crippen LogP contribution in [0.3, 0.4) is 0 Å². The lowest BCUT2D eigenvalue weighted by Gasteiger charge is -2.15. The molecule has 1 aliphatic heterocycles. The minimum absolute atomic E-state index is 0.0914. The number of carbonyl (C=O) groups excluding carboxylic acids is 1. The maximum Gasteiger partial charge on any atom is 0.229 e. The quantitative estimate of drug-likeness (QED) is 0.809. The average molecular weight is 344 g/mol. The van der Waals surface area contributed by atoms with Crippen LogP contribution in [0.5, 0.6) is 0 Å². The fourth-order valence-electron chi connectivity index (χ4n) is 2.15. The number of amides is 1. The summed E-state index contributed by atoms with van der Waals surface area (Å²) in [5.41, 5.74) is 2.04. The highest BCUT2D eigenvalue weighted by Gasteiger charge is 2.29. The van der Waals surface area contributed by atoms with Crippen molar-refractivity contribution in [3.05, 3.63) is 27.3 Å². The van der Waals surface area contributed by atoms with Gasteiger partial charge in [-0.2, -0.15) is 0 Å². The number of halogens is 1. The van der Waals surface area contributed by atoms with Gasteiger partial charge in [-0.3, -0.25) is 4.79 Å². The molecule has 4 heteroatoms. The van der Waals surface area contributed by atoms with Gasteiger partial charge in [0.15, 0.2) is 0 Å². The molecule has 1 aromatic rings. The summed E-state index contributed by atoms with van der Waals surface area (Å²) >= 11 is 2.27. The van der Waals surface area contributed by atoms with E-state index in [-0.39, 0.29) is 11.8 Å². The minimum Gasteiger partial charge on any atom is -0.326 e. The average Bonchev–Trinajstić information content (AvgIpc) is 2.68. The van der Waals surface area contributed by atoms with E-state index in [0.29, 0.717) is 5.92 Å². The Kier molecular flexibility index (Phi) is 4.04. The Morgan fingerprint density at radius 3 is 2.82 bits per heavy atom. The van der Waals surface area contributed by atoms with Gasteiger partial charge in [0.1, 0.15) is 0 Å². The molecule has 0 saturated carbocycles. The predicted molar refractivity (Wildman–Crippen MR) is 78.0 cm³/mol. The van der Waals surface area contributed by atoms with Gasteiger partial charge in [-0.05, 0) is 65.7 Å². The summed E-state index contributed by atoms with van der Waals surface area (Å²) in [5.74, 6) is 0.639. The van der Waals surface area contributed by atoms with Crippen LogP contribution in [0.15, 0.2) is 18.2 Å². The molecule has 2 N–H and O–H groups in total. The summed E-state index contributed by atoms with van der Waals surface area (Å²) < 4.78 is 1.19. The van der Waals surface area contributed by atoms with Crippen LogP contribution >= 0.6 is 22.6 Å². The van der Waals surface area contributed by atoms with Gasteiger partial charge < -0.3 is 10.6 Å². The number of aryl methyl sites for hydroxylation is 1. The van der Waals surface area contributed by atoms with Crippen molar-refractivity contribution in [3.8, 4) is 0 Å². The molecule has 92 valence electrons. The number of anilines is 1. The van der Waals surface area contributed by atoms with E-state index in [1.807, 2.05) is 19.1 Å². The zero-order valence-electron chi connectivity index (χ0n) is 10.1. The number of hydrogen-bond acceptors (Lipinski definition) is 2. The molecule has 1 aromatic carbocycles. The molecular weight excluding hydrogens is 327 g/mol. The van der Waals surface area contributed by atoms with Crippen LogP contribution < -0.4 is 10.6 Å². The molecule has 1 heterocycles. The van der Waals surface area contributed by atoms with E-state index in [0.717, 1.165) is 24.3 Å². The highest BCUT2D eigenvalue weighted by Crippen LogP contribution is 2.21. The largest absolute Gasteiger partial charge is 0.326 e. The van der Waals surface area contributed by atoms with Crippen molar-refractivity contribution in [3.63, 3.8) is 0 Å². The number of rotatable bonds is 2. The van der Waals surface area contributed by atoms with Crippen LogP contribution in [0.2, 0.25) is 0 Å². The molecule has 1 aliphatic rings. The zero-order chi connectivity index (χ0) is 12.4. The third-order valence-electron chi connectivity index (χ3n) is 3.30. The van der Waals surface area contributed by atoms with Gasteiger partial charge >= 0.3 is 0 Å². The first-order valence-corrected chi connectivity index (χ1v) is 6.93. The Balaban J connectivity index is 2.07. The summed E-state index contributed by atoms with van der Waals surface area (Å²) in [5, 5.41) is 6.28. The monoisotopic (exact) mass is 344 g/mol. The lowest BCUT2D eigenvalue weighted by atomic mass is 9.97. The Labute approximate surface area is 116 Å². The Hall–Kier alpha value is -0.620. The molecule has 0 bridgehead atoms. The molecule has 1 amide bonds. The Morgan fingerprint density at radius 2 is 2.24 bits per heavy atom. The van der Waals surface area contributed by atoms with Crippen molar-refractivity contribution < 1.29 is 4.79 Å². The third kappa shape index (κ3) is 2.98. The molecule has 1 fully saturated rings. The molecule has 17 heavy (non-hydrogen) atoms. The first kappa shape index (κ1) is 12.8. The topological polar surface area (TPSA) is 41.1 Å². The van der Waals surface area contributed by atoms with E-state index in [9.17, 15) is 4.79 Å². The first-order valence-electron chi connectivity index (χ1n) is 5.85. The van der Waals surface area contributed by atoms with Gasteiger partial charge in [0.25, 0.3) is 0 Å². The van der Waals surface area contributed by atoms with Gasteiger partial charge in [-0.25, -0.2) is 0 Å². The van der Waals surface area contributed by atoms with Crippen LogP contribution in [0.25, 0.3) is 0 Å². The van der Waals surface area contributed by atoms with Crippen molar-refractivity contribution in [2.45, 2.75) is 13.8 Å². The van der Waals surface area contributed by atoms with Gasteiger partial charge in [-0.1, -0.05) is 6.92 Å². The Morgan fingerprint density at radius 1 is 1.47 bits per heavy atom. The van der Waals surface area contributed by atoms with Crippen molar-refractivity contribution in [2.24, 2.45) is 11.8 Å². The zero-order valence-corrected chi connectivity index (χ0v) is 12.2. The molecule has 0 aromatic heterocycles. The van der Waals surface area contributed by atoms with E-state index >= 15 is 0 Å². The van der Waals surface area contributed by atoms with Crippen LogP contribution in [0.1, 0.15) is 12.5 Å². The highest BCUT2D eigenvalue weighted by molar-refractivity contribution is 14.1. The molecule has 2 atom stereocenters. The minimum atomic E-state index is 0.0914. The fraction of sp³-hybridized carbons (Fsp3) is 0.462. The molecular formula is C13H17IN2O. The molecule has 0 unspecified atom stereocenters. The SMILES string of the molecule is Cc1cc(I)ccc1NC(=O)[C@@H]1CNC[C@H]1C. The maximum absolute atomic E-state index is 12.1. The van der Waals surface area contributed by atoms with E-state index in [1.54, 1.807) is 0 Å². The number of carbonyl (C=O) groups is 1. The van der Waals surface area contributed by atoms with Gasteiger partial charge in [0.05, 0.1) is 5.92 Å². The summed E-state index contributed by atoms with van der Waals surface area (Å²) in [6.45, 7) is 5.86. The molecule has 0 aliphatic carbocycles. The first-order chi connectivity index (χ1) is 8.08. The lowest BCUT2D eigenvalue weighted by molar-refractivity contribution is -0.120. The molecule has 0 radical (unpaired) electrons. The summed E-state index contributed by atoms with van der Waals surface area (Å²) in [7, 11) is 0. The van der Waals surface area contributed by atoms with Crippen molar-refractivity contribution in [2.75, 3.05) is 18.4 Å². The Bertz CT molecular complexity index is 433. The molecule has 0 spiro atoms. The van der Waals surface area contributed by atoms with Gasteiger partial charge in [-0.15, -0.1) is 0 Å². The summed E-state index contributed by atoms with van der Waals surface area (Å²) in [6, 6.07) is 6.06. The maximum atomic E-state index is 12.1. The van der Waals surface area contributed by atoms with E-state index in [4.69, 9.17) is 0 Å². The molecule has 3 nitrogen and oxygen atoms in total. The van der Waals surface area contributed by atoms with Gasteiger partial charge in [0, 0.05) is 15.8 Å². The second-order valence-corrected chi connectivity index (χ2v) is 5.94. The summed E-state index contributed by atoms with van der Waals surface area (Å²) in [4.78, 5) is 12.1. The van der Waals surface area contributed by atoms with E-state index in [1.165, 1.54) is 3.57 Å². The number of benzene rings is 1. The van der Waals surface area contributed by atoms with Crippen LogP contribution in [0.4, 0.5) is 5.69 Å². The van der Waals surface area contributed by atoms with E-state index < -0.39 is 0 Å². The fourth-order valence-corrected chi connectivity index (χ4v) is 2.80. The second-order valence-electron chi connectivity index (χ2n) is 4.69. The van der Waals surface area contributed by atoms with Crippen LogP contribution in [-0.4, -0.2) is 19.0 Å². The standard InChI is InChI=1S/C13H17IN2O/c1-8-5-10(14)3-4-12(8)16-13(17)11-7-15-6-9(11)2/h3-5,9,11,15H,6-7H2,1-2H3,(H,16,17)/t9-,11-/m1/s1. The van der Waals surface area contributed by atoms with Crippen molar-refractivity contribution in [1.82, 2.24) is 5.32 Å². The van der Waals surface area contributed by atoms with Crippen molar-refractivity contribution >= 4 is 34.2 Å².